The number of nitrogens with zero attached hydrogens (tertiary/aromatic N) is 1. The molecule has 33 heavy (non-hydrogen) atoms. The van der Waals surface area contributed by atoms with Crippen molar-refractivity contribution in [3.8, 4) is 11.8 Å². The molecule has 2 aromatic rings. The average molecular weight is 455 g/mol. The molecule has 0 spiro atoms. The van der Waals surface area contributed by atoms with Crippen molar-refractivity contribution in [2.75, 3.05) is 26.8 Å². The molecule has 2 heterocycles. The van der Waals surface area contributed by atoms with Crippen molar-refractivity contribution in [1.29, 1.82) is 0 Å². The highest BCUT2D eigenvalue weighted by Gasteiger charge is 2.30. The van der Waals surface area contributed by atoms with Crippen LogP contribution in [0.5, 0.6) is 0 Å². The van der Waals surface area contributed by atoms with E-state index in [9.17, 15) is 14.4 Å². The zero-order chi connectivity index (χ0) is 24.0. The first-order valence-corrected chi connectivity index (χ1v) is 11.0. The van der Waals surface area contributed by atoms with Gasteiger partial charge in [0.25, 0.3) is 0 Å². The van der Waals surface area contributed by atoms with E-state index in [2.05, 4.69) is 17.2 Å². The number of hydrogen-bond donors (Lipinski definition) is 1. The van der Waals surface area contributed by atoms with E-state index in [0.29, 0.717) is 38.0 Å². The van der Waals surface area contributed by atoms with Crippen molar-refractivity contribution in [3.63, 3.8) is 0 Å². The Labute approximate surface area is 193 Å². The Morgan fingerprint density at radius 1 is 1.30 bits per heavy atom. The van der Waals surface area contributed by atoms with Crippen molar-refractivity contribution in [2.24, 2.45) is 0 Å². The van der Waals surface area contributed by atoms with Gasteiger partial charge in [-0.2, -0.15) is 0 Å². The molecular formula is C25H30N2O6. The highest BCUT2D eigenvalue weighted by Crippen LogP contribution is 2.32. The number of hydrogen-bond acceptors (Lipinski definition) is 6. The van der Waals surface area contributed by atoms with Crippen molar-refractivity contribution in [2.45, 2.75) is 51.6 Å². The van der Waals surface area contributed by atoms with Crippen molar-refractivity contribution in [1.82, 2.24) is 10.2 Å². The second kappa shape index (κ2) is 10.5. The molecule has 0 aliphatic carbocycles. The summed E-state index contributed by atoms with van der Waals surface area (Å²) in [6, 6.07) is 5.56. The van der Waals surface area contributed by atoms with Gasteiger partial charge in [0.15, 0.2) is 0 Å². The first kappa shape index (κ1) is 24.3. The van der Waals surface area contributed by atoms with Gasteiger partial charge in [0.05, 0.1) is 12.2 Å². The Morgan fingerprint density at radius 2 is 2.09 bits per heavy atom. The van der Waals surface area contributed by atoms with Crippen LogP contribution >= 0.6 is 0 Å². The molecule has 1 atom stereocenters. The van der Waals surface area contributed by atoms with E-state index in [4.69, 9.17) is 13.9 Å². The number of furan rings is 1. The molecule has 1 aromatic carbocycles. The van der Waals surface area contributed by atoms with E-state index < -0.39 is 11.5 Å². The van der Waals surface area contributed by atoms with Crippen molar-refractivity contribution in [3.05, 3.63) is 35.6 Å². The summed E-state index contributed by atoms with van der Waals surface area (Å²) in [6.07, 6.45) is 2.68. The Kier molecular flexibility index (Phi) is 7.77. The zero-order valence-electron chi connectivity index (χ0n) is 19.5. The van der Waals surface area contributed by atoms with E-state index in [-0.39, 0.29) is 24.5 Å². The molecule has 0 saturated carbocycles. The van der Waals surface area contributed by atoms with Gasteiger partial charge in [0.1, 0.15) is 17.8 Å². The molecule has 176 valence electrons. The van der Waals surface area contributed by atoms with Crippen LogP contribution in [0.4, 0.5) is 4.79 Å². The number of benzene rings is 1. The molecular weight excluding hydrogens is 424 g/mol. The second-order valence-corrected chi connectivity index (χ2v) is 9.02. The summed E-state index contributed by atoms with van der Waals surface area (Å²) in [4.78, 5) is 37.1. The number of ether oxygens (including phenoxy) is 2. The van der Waals surface area contributed by atoms with Gasteiger partial charge in [-0.05, 0) is 51.8 Å². The summed E-state index contributed by atoms with van der Waals surface area (Å²) < 4.78 is 16.4. The number of rotatable bonds is 6. The quantitative estimate of drug-likeness (QED) is 0.407. The third kappa shape index (κ3) is 6.83. The Morgan fingerprint density at radius 3 is 2.82 bits per heavy atom. The Balaban J connectivity index is 1.49. The van der Waals surface area contributed by atoms with Gasteiger partial charge in [-0.3, -0.25) is 14.9 Å². The zero-order valence-corrected chi connectivity index (χ0v) is 19.5. The highest BCUT2D eigenvalue weighted by atomic mass is 16.6. The number of imide groups is 1. The van der Waals surface area contributed by atoms with Gasteiger partial charge in [-0.15, -0.1) is 0 Å². The lowest BCUT2D eigenvalue weighted by molar-refractivity contribution is -0.134. The number of amides is 3. The van der Waals surface area contributed by atoms with E-state index in [0.717, 1.165) is 16.5 Å². The number of carbonyl (C=O) groups excluding carboxylic acids is 3. The van der Waals surface area contributed by atoms with Crippen LogP contribution in [0, 0.1) is 11.8 Å². The average Bonchev–Trinajstić information content (AvgIpc) is 3.14. The summed E-state index contributed by atoms with van der Waals surface area (Å²) in [5.41, 5.74) is 1.71. The van der Waals surface area contributed by atoms with Crippen LogP contribution in [-0.4, -0.2) is 55.2 Å². The van der Waals surface area contributed by atoms with Gasteiger partial charge in [-0.25, -0.2) is 4.79 Å². The predicted molar refractivity (Wildman–Crippen MR) is 123 cm³/mol. The fourth-order valence-electron chi connectivity index (χ4n) is 3.48. The number of piperidine rings is 1. The number of nitrogens with one attached hydrogen (secondary N) is 1. The Bertz CT molecular complexity index is 1090. The Hall–Kier alpha value is -3.31. The summed E-state index contributed by atoms with van der Waals surface area (Å²) >= 11 is 0. The SMILES string of the molecule is CN(CCCOCC#Cc1ccc2occ(C3CCC(=O)NC3=O)c2c1)C(=O)OC(C)(C)C. The lowest BCUT2D eigenvalue weighted by atomic mass is 9.90. The topological polar surface area (TPSA) is 98.1 Å². The summed E-state index contributed by atoms with van der Waals surface area (Å²) in [5.74, 6) is 5.10. The molecule has 1 aromatic heterocycles. The lowest BCUT2D eigenvalue weighted by Crippen LogP contribution is -2.39. The monoisotopic (exact) mass is 454 g/mol. The third-order valence-electron chi connectivity index (χ3n) is 5.11. The molecule has 1 saturated heterocycles. The van der Waals surface area contributed by atoms with E-state index >= 15 is 0 Å². The molecule has 0 bridgehead atoms. The fraction of sp³-hybridized carbons (Fsp3) is 0.480. The molecule has 1 aliphatic rings. The highest BCUT2D eigenvalue weighted by molar-refractivity contribution is 6.02. The van der Waals surface area contributed by atoms with Gasteiger partial charge in [0.2, 0.25) is 11.8 Å². The van der Waals surface area contributed by atoms with Crippen molar-refractivity contribution >= 4 is 28.9 Å². The van der Waals surface area contributed by atoms with Crippen LogP contribution in [0.15, 0.2) is 28.9 Å². The molecule has 8 nitrogen and oxygen atoms in total. The standard InChI is InChI=1S/C25H30N2O6/c1-25(2,3)33-24(30)27(4)12-6-14-31-13-5-7-17-8-10-21-19(15-17)20(16-32-21)18-9-11-22(28)26-23(18)29/h8,10,15-16,18H,6,9,11-14H2,1-4H3,(H,26,28,29). The third-order valence-corrected chi connectivity index (χ3v) is 5.11. The molecule has 8 heteroatoms. The van der Waals surface area contributed by atoms with Gasteiger partial charge >= 0.3 is 6.09 Å². The first-order chi connectivity index (χ1) is 15.6. The van der Waals surface area contributed by atoms with E-state index in [1.54, 1.807) is 13.3 Å². The molecule has 1 aliphatic heterocycles. The summed E-state index contributed by atoms with van der Waals surface area (Å²) in [6.45, 7) is 6.77. The maximum Gasteiger partial charge on any atom is 0.410 e. The fourth-order valence-corrected chi connectivity index (χ4v) is 3.48. The molecule has 1 unspecified atom stereocenters. The molecule has 1 fully saturated rings. The van der Waals surface area contributed by atoms with E-state index in [1.807, 2.05) is 39.0 Å². The second-order valence-electron chi connectivity index (χ2n) is 9.02. The maximum atomic E-state index is 12.2. The molecule has 0 radical (unpaired) electrons. The minimum atomic E-state index is -0.514. The predicted octanol–water partition coefficient (Wildman–Crippen LogP) is 3.58. The van der Waals surface area contributed by atoms with Crippen LogP contribution in [0.3, 0.4) is 0 Å². The molecule has 3 amide bonds. The summed E-state index contributed by atoms with van der Waals surface area (Å²) in [5, 5.41) is 3.21. The summed E-state index contributed by atoms with van der Waals surface area (Å²) in [7, 11) is 1.70. The minimum absolute atomic E-state index is 0.243. The molecule has 3 rings (SSSR count). The van der Waals surface area contributed by atoms with Crippen molar-refractivity contribution < 1.29 is 28.3 Å². The van der Waals surface area contributed by atoms with Crippen LogP contribution in [0.2, 0.25) is 0 Å². The first-order valence-electron chi connectivity index (χ1n) is 11.0. The van der Waals surface area contributed by atoms with Crippen LogP contribution in [-0.2, 0) is 19.1 Å². The number of carbonyl (C=O) groups is 3. The van der Waals surface area contributed by atoms with Gasteiger partial charge in [0, 0.05) is 43.1 Å². The largest absolute Gasteiger partial charge is 0.464 e. The van der Waals surface area contributed by atoms with Crippen LogP contribution in [0.25, 0.3) is 11.0 Å². The molecule has 1 N–H and O–H groups in total. The smallest absolute Gasteiger partial charge is 0.410 e. The maximum absolute atomic E-state index is 12.2. The van der Waals surface area contributed by atoms with Gasteiger partial charge in [-0.1, -0.05) is 11.8 Å². The lowest BCUT2D eigenvalue weighted by Gasteiger charge is -2.24. The van der Waals surface area contributed by atoms with E-state index in [1.165, 1.54) is 4.90 Å². The van der Waals surface area contributed by atoms with Crippen LogP contribution in [0.1, 0.15) is 57.1 Å². The number of fused-ring (bicyclic) bond motifs is 1. The minimum Gasteiger partial charge on any atom is -0.464 e. The van der Waals surface area contributed by atoms with Gasteiger partial charge < -0.3 is 18.8 Å². The normalized spacial score (nSPS) is 16.2. The van der Waals surface area contributed by atoms with Crippen LogP contribution < -0.4 is 5.32 Å².